The largest absolute Gasteiger partial charge is 0.352 e. The molecule has 4 nitrogen and oxygen atoms in total. The molecule has 132 valence electrons. The van der Waals surface area contributed by atoms with E-state index in [1.165, 1.54) is 16.7 Å². The molecular formula is C21H21ClN4. The van der Waals surface area contributed by atoms with Gasteiger partial charge in [0.15, 0.2) is 0 Å². The SMILES string of the molecule is Cc1cc(N2CCc3cc(Cl)ccc3C2)nc(NCc2ccccc2)n1. The van der Waals surface area contributed by atoms with Gasteiger partial charge in [-0.15, -0.1) is 0 Å². The van der Waals surface area contributed by atoms with Crippen LogP contribution in [0.25, 0.3) is 0 Å². The van der Waals surface area contributed by atoms with Crippen molar-refractivity contribution in [2.45, 2.75) is 26.4 Å². The Morgan fingerprint density at radius 3 is 2.73 bits per heavy atom. The maximum atomic E-state index is 6.11. The molecule has 1 aliphatic rings. The highest BCUT2D eigenvalue weighted by Gasteiger charge is 2.18. The summed E-state index contributed by atoms with van der Waals surface area (Å²) in [7, 11) is 0. The zero-order valence-electron chi connectivity index (χ0n) is 14.7. The summed E-state index contributed by atoms with van der Waals surface area (Å²) in [6.07, 6.45) is 0.978. The van der Waals surface area contributed by atoms with Gasteiger partial charge in [0.05, 0.1) is 0 Å². The molecule has 4 rings (SSSR count). The molecule has 0 spiro atoms. The van der Waals surface area contributed by atoms with E-state index in [9.17, 15) is 0 Å². The zero-order valence-corrected chi connectivity index (χ0v) is 15.5. The Morgan fingerprint density at radius 1 is 1.04 bits per heavy atom. The number of hydrogen-bond donors (Lipinski definition) is 1. The maximum Gasteiger partial charge on any atom is 0.225 e. The average Bonchev–Trinajstić information content (AvgIpc) is 2.66. The van der Waals surface area contributed by atoms with Crippen LogP contribution in [0.5, 0.6) is 0 Å². The lowest BCUT2D eigenvalue weighted by Gasteiger charge is -2.30. The highest BCUT2D eigenvalue weighted by Crippen LogP contribution is 2.26. The van der Waals surface area contributed by atoms with Gasteiger partial charge in [0.25, 0.3) is 0 Å². The molecule has 3 aromatic rings. The van der Waals surface area contributed by atoms with E-state index < -0.39 is 0 Å². The van der Waals surface area contributed by atoms with Crippen LogP contribution < -0.4 is 10.2 Å². The second-order valence-corrected chi connectivity index (χ2v) is 7.05. The molecule has 0 bridgehead atoms. The van der Waals surface area contributed by atoms with Gasteiger partial charge in [-0.2, -0.15) is 4.98 Å². The normalized spacial score (nSPS) is 13.4. The molecule has 0 saturated carbocycles. The Hall–Kier alpha value is -2.59. The van der Waals surface area contributed by atoms with Crippen molar-refractivity contribution in [1.29, 1.82) is 0 Å². The molecule has 5 heteroatoms. The van der Waals surface area contributed by atoms with Crippen molar-refractivity contribution in [1.82, 2.24) is 9.97 Å². The highest BCUT2D eigenvalue weighted by atomic mass is 35.5. The van der Waals surface area contributed by atoms with Crippen molar-refractivity contribution in [2.75, 3.05) is 16.8 Å². The molecule has 1 aromatic heterocycles. The van der Waals surface area contributed by atoms with E-state index in [2.05, 4.69) is 45.5 Å². The third kappa shape index (κ3) is 3.81. The molecule has 1 N–H and O–H groups in total. The molecular weight excluding hydrogens is 344 g/mol. The van der Waals surface area contributed by atoms with Crippen molar-refractivity contribution in [3.05, 3.63) is 82.0 Å². The minimum atomic E-state index is 0.672. The van der Waals surface area contributed by atoms with Gasteiger partial charge in [0, 0.05) is 36.4 Å². The van der Waals surface area contributed by atoms with E-state index in [4.69, 9.17) is 16.6 Å². The van der Waals surface area contributed by atoms with Crippen LogP contribution in [0.1, 0.15) is 22.4 Å². The van der Waals surface area contributed by atoms with Crippen LogP contribution in [-0.2, 0) is 19.5 Å². The van der Waals surface area contributed by atoms with Crippen molar-refractivity contribution >= 4 is 23.4 Å². The van der Waals surface area contributed by atoms with E-state index in [1.807, 2.05) is 31.2 Å². The number of nitrogens with zero attached hydrogens (tertiary/aromatic N) is 3. The van der Waals surface area contributed by atoms with Crippen LogP contribution in [0.15, 0.2) is 54.6 Å². The standard InChI is InChI=1S/C21H21ClN4/c1-15-11-20(25-21(24-15)23-13-16-5-3-2-4-6-16)26-10-9-17-12-19(22)8-7-18(17)14-26/h2-8,11-12H,9-10,13-14H2,1H3,(H,23,24,25). The van der Waals surface area contributed by atoms with E-state index in [-0.39, 0.29) is 0 Å². The summed E-state index contributed by atoms with van der Waals surface area (Å²) in [5.41, 5.74) is 4.83. The fourth-order valence-corrected chi connectivity index (χ4v) is 3.48. The molecule has 0 aliphatic carbocycles. The van der Waals surface area contributed by atoms with Crippen LogP contribution in [0, 0.1) is 6.92 Å². The molecule has 1 aliphatic heterocycles. The fraction of sp³-hybridized carbons (Fsp3) is 0.238. The molecule has 0 amide bonds. The Morgan fingerprint density at radius 2 is 1.88 bits per heavy atom. The van der Waals surface area contributed by atoms with Gasteiger partial charge in [0.2, 0.25) is 5.95 Å². The van der Waals surface area contributed by atoms with Gasteiger partial charge < -0.3 is 10.2 Å². The van der Waals surface area contributed by atoms with Gasteiger partial charge in [-0.1, -0.05) is 48.0 Å². The van der Waals surface area contributed by atoms with Gasteiger partial charge in [-0.05, 0) is 42.2 Å². The maximum absolute atomic E-state index is 6.11. The molecule has 2 heterocycles. The van der Waals surface area contributed by atoms with E-state index in [0.29, 0.717) is 12.5 Å². The lowest BCUT2D eigenvalue weighted by atomic mass is 10.00. The first-order chi connectivity index (χ1) is 12.7. The Labute approximate surface area is 158 Å². The molecule has 0 atom stereocenters. The number of aryl methyl sites for hydroxylation is 1. The van der Waals surface area contributed by atoms with E-state index in [0.717, 1.165) is 36.0 Å². The predicted molar refractivity (Wildman–Crippen MR) is 107 cm³/mol. The summed E-state index contributed by atoms with van der Waals surface area (Å²) in [5.74, 6) is 1.64. The fourth-order valence-electron chi connectivity index (χ4n) is 3.29. The van der Waals surface area contributed by atoms with E-state index >= 15 is 0 Å². The molecule has 0 unspecified atom stereocenters. The first kappa shape index (κ1) is 16.9. The van der Waals surface area contributed by atoms with Crippen LogP contribution in [0.2, 0.25) is 5.02 Å². The number of benzene rings is 2. The first-order valence-electron chi connectivity index (χ1n) is 8.83. The van der Waals surface area contributed by atoms with Crippen LogP contribution in [0.4, 0.5) is 11.8 Å². The number of hydrogen-bond acceptors (Lipinski definition) is 4. The Kier molecular flexibility index (Phi) is 4.76. The predicted octanol–water partition coefficient (Wildman–Crippen LogP) is 4.61. The monoisotopic (exact) mass is 364 g/mol. The zero-order chi connectivity index (χ0) is 17.9. The summed E-state index contributed by atoms with van der Waals surface area (Å²) < 4.78 is 0. The van der Waals surface area contributed by atoms with E-state index in [1.54, 1.807) is 0 Å². The Bertz CT molecular complexity index is 911. The number of fused-ring (bicyclic) bond motifs is 1. The van der Waals surface area contributed by atoms with Gasteiger partial charge in [-0.3, -0.25) is 0 Å². The first-order valence-corrected chi connectivity index (χ1v) is 9.21. The number of rotatable bonds is 4. The second kappa shape index (κ2) is 7.34. The van der Waals surface area contributed by atoms with Crippen molar-refractivity contribution < 1.29 is 0 Å². The Balaban J connectivity index is 1.52. The summed E-state index contributed by atoms with van der Waals surface area (Å²) >= 11 is 6.11. The van der Waals surface area contributed by atoms with Gasteiger partial charge >= 0.3 is 0 Å². The minimum absolute atomic E-state index is 0.672. The van der Waals surface area contributed by atoms with Crippen LogP contribution in [0.3, 0.4) is 0 Å². The van der Waals surface area contributed by atoms with Crippen LogP contribution >= 0.6 is 11.6 Å². The summed E-state index contributed by atoms with van der Waals surface area (Å²) in [6, 6.07) is 18.5. The number of anilines is 2. The smallest absolute Gasteiger partial charge is 0.225 e. The molecule has 0 fully saturated rings. The minimum Gasteiger partial charge on any atom is -0.352 e. The van der Waals surface area contributed by atoms with Crippen molar-refractivity contribution in [2.24, 2.45) is 0 Å². The third-order valence-corrected chi connectivity index (χ3v) is 4.87. The molecule has 0 radical (unpaired) electrons. The quantitative estimate of drug-likeness (QED) is 0.733. The van der Waals surface area contributed by atoms with Gasteiger partial charge in [-0.25, -0.2) is 4.98 Å². The summed E-state index contributed by atoms with van der Waals surface area (Å²) in [6.45, 7) is 4.50. The number of aromatic nitrogens is 2. The topological polar surface area (TPSA) is 41.1 Å². The number of nitrogens with one attached hydrogen (secondary N) is 1. The second-order valence-electron chi connectivity index (χ2n) is 6.61. The lowest BCUT2D eigenvalue weighted by Crippen LogP contribution is -2.31. The molecule has 26 heavy (non-hydrogen) atoms. The van der Waals surface area contributed by atoms with Gasteiger partial charge in [0.1, 0.15) is 5.82 Å². The lowest BCUT2D eigenvalue weighted by molar-refractivity contribution is 0.718. The molecule has 0 saturated heterocycles. The average molecular weight is 365 g/mol. The highest BCUT2D eigenvalue weighted by molar-refractivity contribution is 6.30. The van der Waals surface area contributed by atoms with Crippen molar-refractivity contribution in [3.63, 3.8) is 0 Å². The molecule has 2 aromatic carbocycles. The van der Waals surface area contributed by atoms with Crippen LogP contribution in [-0.4, -0.2) is 16.5 Å². The summed E-state index contributed by atoms with van der Waals surface area (Å²) in [5, 5.41) is 4.15. The summed E-state index contributed by atoms with van der Waals surface area (Å²) in [4.78, 5) is 11.6. The number of halogens is 1. The third-order valence-electron chi connectivity index (χ3n) is 4.64. The van der Waals surface area contributed by atoms with Crippen molar-refractivity contribution in [3.8, 4) is 0 Å².